The molecule has 2 aromatic heterocycles. The topological polar surface area (TPSA) is 92.3 Å². The Morgan fingerprint density at radius 2 is 1.82 bits per heavy atom. The number of hydrogen-bond acceptors (Lipinski definition) is 8. The van der Waals surface area contributed by atoms with Gasteiger partial charge in [-0.2, -0.15) is 0 Å². The van der Waals surface area contributed by atoms with E-state index in [0.717, 1.165) is 28.7 Å². The van der Waals surface area contributed by atoms with Gasteiger partial charge in [0.1, 0.15) is 16.5 Å². The van der Waals surface area contributed by atoms with Crippen LogP contribution in [0.2, 0.25) is 5.02 Å². The van der Waals surface area contributed by atoms with Crippen LogP contribution in [0.3, 0.4) is 0 Å². The first-order chi connectivity index (χ1) is 19.3. The molecular formula is C27H27ClF2N6O2S2. The Bertz CT molecular complexity index is 1510. The summed E-state index contributed by atoms with van der Waals surface area (Å²) in [6.45, 7) is 7.50. The fourth-order valence-corrected chi connectivity index (χ4v) is 6.41. The molecule has 0 saturated carbocycles. The van der Waals surface area contributed by atoms with Crippen molar-refractivity contribution in [2.45, 2.75) is 18.7 Å². The summed E-state index contributed by atoms with van der Waals surface area (Å²) >= 11 is 8.31. The molecule has 1 atom stereocenters. The number of anilines is 3. The van der Waals surface area contributed by atoms with Crippen molar-refractivity contribution in [2.24, 2.45) is 5.92 Å². The number of hydrogen-bond donors (Lipinski definition) is 2. The fraction of sp³-hybridized carbons (Fsp3) is 0.296. The predicted octanol–water partition coefficient (Wildman–Crippen LogP) is 6.24. The zero-order valence-electron chi connectivity index (χ0n) is 21.8. The van der Waals surface area contributed by atoms with E-state index in [1.165, 1.54) is 17.4 Å². The Balaban J connectivity index is 1.55. The van der Waals surface area contributed by atoms with Crippen LogP contribution >= 0.6 is 22.9 Å². The van der Waals surface area contributed by atoms with Crippen LogP contribution in [0, 0.1) is 17.6 Å². The predicted molar refractivity (Wildman–Crippen MR) is 156 cm³/mol. The average Bonchev–Trinajstić information content (AvgIpc) is 3.39. The Labute approximate surface area is 242 Å². The third-order valence-electron chi connectivity index (χ3n) is 6.01. The summed E-state index contributed by atoms with van der Waals surface area (Å²) in [5, 5.41) is 4.25. The van der Waals surface area contributed by atoms with E-state index < -0.39 is 27.5 Å². The molecule has 0 aliphatic carbocycles. The standard InChI is InChI=1S/C27H27ClF2N6O2S2/c1-16(2)15-32-26-31-10-9-21(33-26)24-23(34-27(39-24)36-11-13-38-14-12-36)17-5-3-8-20(22(17)28)35-40(37)25-18(29)6-4-7-19(25)30/h3-10,16,35H,11-15H2,1-2H3,(H,31,32,33). The van der Waals surface area contributed by atoms with E-state index in [9.17, 15) is 13.0 Å². The number of morpholine rings is 1. The molecule has 1 unspecified atom stereocenters. The summed E-state index contributed by atoms with van der Waals surface area (Å²) in [4.78, 5) is 16.4. The van der Waals surface area contributed by atoms with Gasteiger partial charge >= 0.3 is 0 Å². The number of nitrogens with one attached hydrogen (secondary N) is 2. The first kappa shape index (κ1) is 28.3. The smallest absolute Gasteiger partial charge is 0.223 e. The molecule has 1 fully saturated rings. The third-order valence-corrected chi connectivity index (χ3v) is 8.73. The minimum absolute atomic E-state index is 0.208. The molecule has 8 nitrogen and oxygen atoms in total. The van der Waals surface area contributed by atoms with E-state index in [-0.39, 0.29) is 10.7 Å². The van der Waals surface area contributed by atoms with Crippen LogP contribution in [0.1, 0.15) is 13.8 Å². The molecule has 4 aromatic rings. The molecule has 0 spiro atoms. The summed E-state index contributed by atoms with van der Waals surface area (Å²) in [7, 11) is -2.24. The highest BCUT2D eigenvalue weighted by atomic mass is 35.5. The highest BCUT2D eigenvalue weighted by Gasteiger charge is 2.24. The molecule has 2 N–H and O–H groups in total. The number of ether oxygens (including phenoxy) is 1. The largest absolute Gasteiger partial charge is 0.378 e. The van der Waals surface area contributed by atoms with Crippen molar-refractivity contribution in [3.8, 4) is 21.8 Å². The third kappa shape index (κ3) is 6.25. The van der Waals surface area contributed by atoms with Crippen LogP contribution in [-0.2, 0) is 15.7 Å². The Morgan fingerprint density at radius 1 is 1.10 bits per heavy atom. The van der Waals surface area contributed by atoms with Crippen LogP contribution < -0.4 is 14.9 Å². The first-order valence-electron chi connectivity index (χ1n) is 12.6. The van der Waals surface area contributed by atoms with Crippen LogP contribution in [0.25, 0.3) is 21.8 Å². The Hall–Kier alpha value is -3.19. The molecule has 3 heterocycles. The van der Waals surface area contributed by atoms with Gasteiger partial charge in [-0.25, -0.2) is 27.9 Å². The van der Waals surface area contributed by atoms with Gasteiger partial charge in [-0.1, -0.05) is 55.0 Å². The number of thiazole rings is 1. The molecule has 0 amide bonds. The summed E-state index contributed by atoms with van der Waals surface area (Å²) in [6.07, 6.45) is 1.69. The normalized spacial score (nSPS) is 14.4. The van der Waals surface area contributed by atoms with Crippen molar-refractivity contribution < 1.29 is 17.7 Å². The molecule has 0 radical (unpaired) electrons. The molecular weight excluding hydrogens is 578 g/mol. The van der Waals surface area contributed by atoms with Crippen molar-refractivity contribution in [3.63, 3.8) is 0 Å². The maximum absolute atomic E-state index is 14.3. The maximum atomic E-state index is 14.3. The summed E-state index contributed by atoms with van der Waals surface area (Å²) < 4.78 is 49.6. The second-order valence-electron chi connectivity index (χ2n) is 9.40. The van der Waals surface area contributed by atoms with Gasteiger partial charge in [-0.15, -0.1) is 0 Å². The number of benzene rings is 2. The van der Waals surface area contributed by atoms with E-state index in [2.05, 4.69) is 33.8 Å². The van der Waals surface area contributed by atoms with E-state index in [4.69, 9.17) is 26.3 Å². The molecule has 0 bridgehead atoms. The van der Waals surface area contributed by atoms with Gasteiger partial charge in [0.2, 0.25) is 5.95 Å². The summed E-state index contributed by atoms with van der Waals surface area (Å²) in [6, 6.07) is 10.2. The zero-order chi connectivity index (χ0) is 28.2. The number of rotatable bonds is 9. The lowest BCUT2D eigenvalue weighted by atomic mass is 10.1. The summed E-state index contributed by atoms with van der Waals surface area (Å²) in [5.41, 5.74) is 2.05. The first-order valence-corrected chi connectivity index (χ1v) is 15.0. The zero-order valence-corrected chi connectivity index (χ0v) is 24.2. The fourth-order valence-electron chi connectivity index (χ4n) is 4.02. The number of aromatic nitrogens is 3. The average molecular weight is 605 g/mol. The SMILES string of the molecule is CC(C)CNc1nccc(-c2sc(N3CCOCC3)nc2-c2cccc(NS(=O)c3c(F)cccc3F)c2Cl)n1. The van der Waals surface area contributed by atoms with Gasteiger partial charge in [-0.3, -0.25) is 4.72 Å². The van der Waals surface area contributed by atoms with Crippen LogP contribution in [-0.4, -0.2) is 52.0 Å². The highest BCUT2D eigenvalue weighted by molar-refractivity contribution is 7.86. The minimum Gasteiger partial charge on any atom is -0.378 e. The molecule has 210 valence electrons. The van der Waals surface area contributed by atoms with Crippen molar-refractivity contribution in [2.75, 3.05) is 47.8 Å². The Morgan fingerprint density at radius 3 is 2.55 bits per heavy atom. The molecule has 1 saturated heterocycles. The van der Waals surface area contributed by atoms with Crippen LogP contribution in [0.15, 0.2) is 53.6 Å². The molecule has 1 aliphatic rings. The van der Waals surface area contributed by atoms with Crippen molar-refractivity contribution in [3.05, 3.63) is 65.3 Å². The second kappa shape index (κ2) is 12.5. The molecule has 13 heteroatoms. The quantitative estimate of drug-likeness (QED) is 0.234. The van der Waals surface area contributed by atoms with Crippen molar-refractivity contribution in [1.29, 1.82) is 0 Å². The van der Waals surface area contributed by atoms with Gasteiger partial charge in [0.25, 0.3) is 0 Å². The molecule has 5 rings (SSSR count). The van der Waals surface area contributed by atoms with Crippen molar-refractivity contribution >= 4 is 50.7 Å². The molecule has 40 heavy (non-hydrogen) atoms. The van der Waals surface area contributed by atoms with E-state index in [0.29, 0.717) is 55.1 Å². The number of halogens is 3. The molecule has 2 aromatic carbocycles. The number of nitrogens with zero attached hydrogens (tertiary/aromatic N) is 4. The lowest BCUT2D eigenvalue weighted by Gasteiger charge is -2.26. The van der Waals surface area contributed by atoms with Gasteiger partial charge < -0.3 is 15.0 Å². The van der Waals surface area contributed by atoms with Crippen molar-refractivity contribution in [1.82, 2.24) is 15.0 Å². The van der Waals surface area contributed by atoms with Gasteiger partial charge in [-0.05, 0) is 30.2 Å². The highest BCUT2D eigenvalue weighted by Crippen LogP contribution is 2.44. The second-order valence-corrected chi connectivity index (χ2v) is 11.9. The Kier molecular flexibility index (Phi) is 8.89. The molecule has 1 aliphatic heterocycles. The van der Waals surface area contributed by atoms with Gasteiger partial charge in [0.05, 0.1) is 40.2 Å². The van der Waals surface area contributed by atoms with Gasteiger partial charge in [0, 0.05) is 31.4 Å². The van der Waals surface area contributed by atoms with E-state index in [1.807, 2.05) is 6.07 Å². The summed E-state index contributed by atoms with van der Waals surface area (Å²) in [5.74, 6) is -0.916. The minimum atomic E-state index is -2.24. The van der Waals surface area contributed by atoms with Crippen LogP contribution in [0.4, 0.5) is 25.5 Å². The lowest BCUT2D eigenvalue weighted by Crippen LogP contribution is -2.36. The monoisotopic (exact) mass is 604 g/mol. The van der Waals surface area contributed by atoms with E-state index in [1.54, 1.807) is 24.4 Å². The van der Waals surface area contributed by atoms with Crippen LogP contribution in [0.5, 0.6) is 0 Å². The van der Waals surface area contributed by atoms with Gasteiger partial charge in [0.15, 0.2) is 16.1 Å². The van der Waals surface area contributed by atoms with E-state index >= 15 is 0 Å². The maximum Gasteiger partial charge on any atom is 0.223 e. The lowest BCUT2D eigenvalue weighted by molar-refractivity contribution is 0.122.